The van der Waals surface area contributed by atoms with Crippen LogP contribution in [-0.4, -0.2) is 28.8 Å². The van der Waals surface area contributed by atoms with E-state index in [1.165, 1.54) is 12.1 Å². The molecule has 0 amide bonds. The molecule has 1 atom stereocenters. The van der Waals surface area contributed by atoms with Gasteiger partial charge in [0.15, 0.2) is 12.2 Å². The average molecular weight is 390 g/mol. The first-order valence-corrected chi connectivity index (χ1v) is 8.82. The maximum Gasteiger partial charge on any atom is 0.341 e. The van der Waals surface area contributed by atoms with Crippen LogP contribution in [0.25, 0.3) is 0 Å². The maximum atomic E-state index is 12.7. The molecule has 0 aromatic heterocycles. The molecule has 2 heterocycles. The lowest BCUT2D eigenvalue weighted by molar-refractivity contribution is -0.139. The highest BCUT2D eigenvalue weighted by molar-refractivity contribution is 5.97. The van der Waals surface area contributed by atoms with E-state index in [0.29, 0.717) is 39.5 Å². The fourth-order valence-electron chi connectivity index (χ4n) is 3.88. The molecule has 3 aromatic carbocycles. The molecule has 0 saturated carbocycles. The van der Waals surface area contributed by atoms with Crippen LogP contribution in [0, 0.1) is 0 Å². The van der Waals surface area contributed by atoms with Gasteiger partial charge in [0.2, 0.25) is 0 Å². The van der Waals surface area contributed by atoms with Crippen molar-refractivity contribution >= 4 is 11.9 Å². The minimum Gasteiger partial charge on any atom is -0.508 e. The number of carbonyl (C=O) groups excluding carboxylic acids is 1. The van der Waals surface area contributed by atoms with E-state index in [1.807, 2.05) is 12.1 Å². The Kier molecular flexibility index (Phi) is 3.54. The number of benzene rings is 3. The first kappa shape index (κ1) is 17.1. The van der Waals surface area contributed by atoms with Crippen LogP contribution >= 0.6 is 0 Å². The van der Waals surface area contributed by atoms with Crippen molar-refractivity contribution < 1.29 is 34.0 Å². The molecule has 7 heteroatoms. The molecule has 7 nitrogen and oxygen atoms in total. The third-order valence-corrected chi connectivity index (χ3v) is 5.03. The van der Waals surface area contributed by atoms with E-state index in [9.17, 15) is 14.7 Å². The molecule has 2 aliphatic rings. The van der Waals surface area contributed by atoms with Crippen LogP contribution in [0.4, 0.5) is 0 Å². The van der Waals surface area contributed by atoms with Gasteiger partial charge in [-0.3, -0.25) is 0 Å². The van der Waals surface area contributed by atoms with E-state index in [0.717, 1.165) is 0 Å². The van der Waals surface area contributed by atoms with Gasteiger partial charge in [-0.1, -0.05) is 18.2 Å². The Bertz CT molecular complexity index is 1180. The minimum absolute atomic E-state index is 0.00163. The highest BCUT2D eigenvalue weighted by Crippen LogP contribution is 2.56. The van der Waals surface area contributed by atoms with Gasteiger partial charge in [-0.2, -0.15) is 0 Å². The van der Waals surface area contributed by atoms with Crippen LogP contribution in [0.15, 0.2) is 60.7 Å². The number of ether oxygens (including phenoxy) is 3. The number of carboxylic acid groups (broad SMARTS) is 1. The molecule has 144 valence electrons. The Hall–Kier alpha value is -4.00. The van der Waals surface area contributed by atoms with Gasteiger partial charge in [0.05, 0.1) is 5.56 Å². The smallest absolute Gasteiger partial charge is 0.341 e. The number of aromatic hydroxyl groups is 1. The molecule has 2 N–H and O–H groups in total. The summed E-state index contributed by atoms with van der Waals surface area (Å²) in [6.45, 7) is -0.501. The van der Waals surface area contributed by atoms with E-state index in [1.54, 1.807) is 36.4 Å². The molecule has 0 saturated heterocycles. The van der Waals surface area contributed by atoms with Crippen LogP contribution in [0.5, 0.6) is 23.0 Å². The van der Waals surface area contributed by atoms with Crippen molar-refractivity contribution in [2.24, 2.45) is 0 Å². The van der Waals surface area contributed by atoms with E-state index in [2.05, 4.69) is 0 Å². The predicted octanol–water partition coefficient (Wildman–Crippen LogP) is 3.42. The summed E-state index contributed by atoms with van der Waals surface area (Å²) < 4.78 is 17.2. The van der Waals surface area contributed by atoms with Crippen LogP contribution in [0.2, 0.25) is 0 Å². The molecule has 0 unspecified atom stereocenters. The monoisotopic (exact) mass is 390 g/mol. The molecular formula is C22H14O7. The first-order chi connectivity index (χ1) is 14.0. The van der Waals surface area contributed by atoms with E-state index in [-0.39, 0.29) is 5.75 Å². The van der Waals surface area contributed by atoms with Crippen molar-refractivity contribution in [2.75, 3.05) is 6.61 Å². The Labute approximate surface area is 164 Å². The SMILES string of the molecule is O=C(O)COc1ccc2c(c1)Oc1cc(O)ccc1[C@@]21OC(=O)c2ccccc21. The fraction of sp³-hybridized carbons (Fsp3) is 0.0909. The van der Waals surface area contributed by atoms with E-state index in [4.69, 9.17) is 19.3 Å². The number of carbonyl (C=O) groups is 2. The molecule has 0 fully saturated rings. The third-order valence-electron chi connectivity index (χ3n) is 5.03. The van der Waals surface area contributed by atoms with Gasteiger partial charge in [-0.15, -0.1) is 0 Å². The Morgan fingerprint density at radius 3 is 2.48 bits per heavy atom. The van der Waals surface area contributed by atoms with Crippen molar-refractivity contribution in [1.29, 1.82) is 0 Å². The molecule has 0 aliphatic carbocycles. The van der Waals surface area contributed by atoms with Crippen LogP contribution in [0.3, 0.4) is 0 Å². The summed E-state index contributed by atoms with van der Waals surface area (Å²) in [7, 11) is 0. The Morgan fingerprint density at radius 2 is 1.69 bits per heavy atom. The van der Waals surface area contributed by atoms with Gasteiger partial charge in [0.1, 0.15) is 23.0 Å². The van der Waals surface area contributed by atoms with E-state index < -0.39 is 24.1 Å². The molecular weight excluding hydrogens is 376 g/mol. The zero-order valence-electron chi connectivity index (χ0n) is 14.9. The summed E-state index contributed by atoms with van der Waals surface area (Å²) >= 11 is 0. The molecule has 2 aliphatic heterocycles. The summed E-state index contributed by atoms with van der Waals surface area (Å²) in [5, 5.41) is 18.8. The fourth-order valence-corrected chi connectivity index (χ4v) is 3.88. The largest absolute Gasteiger partial charge is 0.508 e. The number of esters is 1. The lowest BCUT2D eigenvalue weighted by Crippen LogP contribution is -2.33. The lowest BCUT2D eigenvalue weighted by atomic mass is 9.77. The number of phenols is 1. The average Bonchev–Trinajstić information content (AvgIpc) is 2.99. The number of rotatable bonds is 3. The summed E-state index contributed by atoms with van der Waals surface area (Å²) in [4.78, 5) is 23.5. The Balaban J connectivity index is 1.75. The van der Waals surface area contributed by atoms with Crippen molar-refractivity contribution in [3.63, 3.8) is 0 Å². The van der Waals surface area contributed by atoms with Crippen molar-refractivity contribution in [2.45, 2.75) is 5.60 Å². The number of phenolic OH excluding ortho intramolecular Hbond substituents is 1. The molecule has 29 heavy (non-hydrogen) atoms. The van der Waals surface area contributed by atoms with Gasteiger partial charge >= 0.3 is 11.9 Å². The Morgan fingerprint density at radius 1 is 0.966 bits per heavy atom. The minimum atomic E-state index is -1.24. The van der Waals surface area contributed by atoms with Crippen LogP contribution < -0.4 is 9.47 Å². The van der Waals surface area contributed by atoms with Crippen molar-refractivity contribution in [3.05, 3.63) is 82.9 Å². The maximum absolute atomic E-state index is 12.7. The van der Waals surface area contributed by atoms with Crippen LogP contribution in [0.1, 0.15) is 27.0 Å². The molecule has 3 aromatic rings. The van der Waals surface area contributed by atoms with Gasteiger partial charge in [-0.25, -0.2) is 9.59 Å². The predicted molar refractivity (Wildman–Crippen MR) is 99.5 cm³/mol. The molecule has 1 spiro atoms. The van der Waals surface area contributed by atoms with Gasteiger partial charge in [0, 0.05) is 28.8 Å². The number of aliphatic carboxylic acids is 1. The number of hydrogen-bond donors (Lipinski definition) is 2. The summed E-state index contributed by atoms with van der Waals surface area (Å²) in [6, 6.07) is 16.6. The quantitative estimate of drug-likeness (QED) is 0.661. The van der Waals surface area contributed by atoms with Crippen LogP contribution in [-0.2, 0) is 15.1 Å². The van der Waals surface area contributed by atoms with Crippen molar-refractivity contribution in [3.8, 4) is 23.0 Å². The highest BCUT2D eigenvalue weighted by atomic mass is 16.6. The zero-order valence-corrected chi connectivity index (χ0v) is 14.9. The first-order valence-electron chi connectivity index (χ1n) is 8.82. The third kappa shape index (κ3) is 2.44. The normalized spacial score (nSPS) is 18.3. The lowest BCUT2D eigenvalue weighted by Gasteiger charge is -2.36. The second-order valence-electron chi connectivity index (χ2n) is 6.74. The summed E-state index contributed by atoms with van der Waals surface area (Å²) in [5.41, 5.74) is 1.04. The highest BCUT2D eigenvalue weighted by Gasteiger charge is 2.53. The molecule has 0 bridgehead atoms. The zero-order chi connectivity index (χ0) is 20.2. The number of carboxylic acids is 1. The molecule has 5 rings (SSSR count). The second kappa shape index (κ2) is 6.00. The number of hydrogen-bond acceptors (Lipinski definition) is 6. The summed E-state index contributed by atoms with van der Waals surface area (Å²) in [5.74, 6) is -0.596. The van der Waals surface area contributed by atoms with Crippen molar-refractivity contribution in [1.82, 2.24) is 0 Å². The topological polar surface area (TPSA) is 102 Å². The number of fused-ring (bicyclic) bond motifs is 6. The van der Waals surface area contributed by atoms with Gasteiger partial charge < -0.3 is 24.4 Å². The summed E-state index contributed by atoms with van der Waals surface area (Å²) in [6.07, 6.45) is 0. The molecule has 0 radical (unpaired) electrons. The van der Waals surface area contributed by atoms with Gasteiger partial charge in [0.25, 0.3) is 0 Å². The van der Waals surface area contributed by atoms with E-state index >= 15 is 0 Å². The second-order valence-corrected chi connectivity index (χ2v) is 6.74. The standard InChI is InChI=1S/C22H14O7/c23-12-5-7-16-18(9-12)28-19-10-13(27-11-20(24)25)6-8-17(19)22(16)15-4-2-1-3-14(15)21(26)29-22/h1-10,23H,11H2,(H,24,25)/t22-/m1/s1. The van der Waals surface area contributed by atoms with Gasteiger partial charge in [-0.05, 0) is 30.3 Å².